The molecule has 0 radical (unpaired) electrons. The van der Waals surface area contributed by atoms with E-state index in [4.69, 9.17) is 9.57 Å². The number of hydroxylamine groups is 1. The highest BCUT2D eigenvalue weighted by atomic mass is 16.7. The first-order chi connectivity index (χ1) is 13.1. The van der Waals surface area contributed by atoms with Crippen LogP contribution < -0.4 is 16.1 Å². The number of hydrogen-bond donors (Lipinski definition) is 4. The molecule has 0 aromatic heterocycles. The van der Waals surface area contributed by atoms with E-state index in [9.17, 15) is 5.11 Å². The molecule has 4 rings (SSSR count). The van der Waals surface area contributed by atoms with E-state index in [1.807, 2.05) is 0 Å². The number of aliphatic hydroxyl groups excluding tert-OH is 1. The van der Waals surface area contributed by atoms with Gasteiger partial charge in [-0.05, 0) is 52.7 Å². The Morgan fingerprint density at radius 3 is 2.70 bits per heavy atom. The van der Waals surface area contributed by atoms with E-state index < -0.39 is 0 Å². The summed E-state index contributed by atoms with van der Waals surface area (Å²) in [4.78, 5) is 10.8. The fourth-order valence-corrected chi connectivity index (χ4v) is 5.27. The third-order valence-electron chi connectivity index (χ3n) is 6.95. The number of aliphatic hydroxyl groups is 1. The van der Waals surface area contributed by atoms with Crippen molar-refractivity contribution in [3.8, 4) is 0 Å². The first kappa shape index (κ1) is 20.0. The van der Waals surface area contributed by atoms with E-state index in [2.05, 4.69) is 40.0 Å². The average Bonchev–Trinajstić information content (AvgIpc) is 3.42. The minimum absolute atomic E-state index is 0.0384. The Labute approximate surface area is 162 Å². The van der Waals surface area contributed by atoms with Crippen LogP contribution in [0.15, 0.2) is 0 Å². The predicted octanol–water partition coefficient (Wildman–Crippen LogP) is -1.37. The first-order valence-corrected chi connectivity index (χ1v) is 10.8. The normalized spacial score (nSPS) is 43.8. The van der Waals surface area contributed by atoms with Crippen LogP contribution in [0.5, 0.6) is 0 Å². The molecule has 156 valence electrons. The van der Waals surface area contributed by atoms with Gasteiger partial charge in [-0.2, -0.15) is 5.48 Å². The number of nitrogens with zero attached hydrogens (tertiary/aromatic N) is 2. The van der Waals surface area contributed by atoms with Gasteiger partial charge in [0.05, 0.1) is 37.6 Å². The summed E-state index contributed by atoms with van der Waals surface area (Å²) in [7, 11) is 4.33. The van der Waals surface area contributed by atoms with Crippen LogP contribution in [0.1, 0.15) is 38.5 Å². The summed E-state index contributed by atoms with van der Waals surface area (Å²) in [6.45, 7) is 3.35. The number of nitrogens with two attached hydrogens (primary N) is 1. The molecular weight excluding hydrogens is 346 g/mol. The third-order valence-corrected chi connectivity index (χ3v) is 6.95. The third kappa shape index (κ3) is 4.64. The number of hydrogen-bond acceptors (Lipinski definition) is 7. The van der Waals surface area contributed by atoms with Gasteiger partial charge in [0.25, 0.3) is 0 Å². The highest BCUT2D eigenvalue weighted by Crippen LogP contribution is 2.28. The van der Waals surface area contributed by atoms with Crippen molar-refractivity contribution in [1.29, 1.82) is 0 Å². The largest absolute Gasteiger partial charge is 0.394 e. The fraction of sp³-hybridized carbons (Fsp3) is 1.00. The number of piperidine rings is 1. The summed E-state index contributed by atoms with van der Waals surface area (Å²) in [5.74, 6) is 0.601. The van der Waals surface area contributed by atoms with Gasteiger partial charge < -0.3 is 15.2 Å². The predicted molar refractivity (Wildman–Crippen MR) is 101 cm³/mol. The van der Waals surface area contributed by atoms with Gasteiger partial charge in [-0.3, -0.25) is 20.0 Å². The molecule has 0 saturated carbocycles. The quantitative estimate of drug-likeness (QED) is 0.450. The molecule has 4 fully saturated rings. The second-order valence-electron chi connectivity index (χ2n) is 8.98. The van der Waals surface area contributed by atoms with Gasteiger partial charge in [0.2, 0.25) is 0 Å². The van der Waals surface area contributed by atoms with Crippen LogP contribution in [0.25, 0.3) is 0 Å². The Kier molecular flexibility index (Phi) is 6.66. The minimum atomic E-state index is 0.0384. The lowest BCUT2D eigenvalue weighted by Crippen LogP contribution is -2.96. The highest BCUT2D eigenvalue weighted by molar-refractivity contribution is 4.91. The molecule has 0 amide bonds. The van der Waals surface area contributed by atoms with Crippen molar-refractivity contribution in [2.45, 2.75) is 75.3 Å². The Morgan fingerprint density at radius 1 is 1.15 bits per heavy atom. The monoisotopic (exact) mass is 384 g/mol. The first-order valence-electron chi connectivity index (χ1n) is 10.8. The lowest BCUT2D eigenvalue weighted by atomic mass is 9.94. The maximum Gasteiger partial charge on any atom is 0.146 e. The van der Waals surface area contributed by atoms with E-state index in [0.29, 0.717) is 18.1 Å². The molecule has 8 nitrogen and oxygen atoms in total. The molecule has 0 spiro atoms. The zero-order valence-electron chi connectivity index (χ0n) is 16.8. The molecule has 0 aromatic carbocycles. The Balaban J connectivity index is 1.25. The number of quaternary nitrogens is 1. The highest BCUT2D eigenvalue weighted by Gasteiger charge is 2.42. The Bertz CT molecular complexity index is 474. The standard InChI is InChI=1S/C19H37N5O3/c1-23(2)17-8-5-13(10-20-17)18-21-19(27-22-18)16-4-3-9-24(16)11-14-6-7-15(12-25)26-14/h13-22,25H,3-12H2,1-2H3/p+1. The molecule has 7 atom stereocenters. The minimum Gasteiger partial charge on any atom is -0.394 e. The SMILES string of the molecule is CN(C)C1CCC(C2NOC(C3CCCN3CC3CCC(CO)O3)N2)C[NH2+]1. The molecule has 0 aromatic rings. The van der Waals surface area contributed by atoms with E-state index in [1.54, 1.807) is 0 Å². The lowest BCUT2D eigenvalue weighted by Gasteiger charge is -2.33. The topological polar surface area (TPSA) is 85.8 Å². The maximum atomic E-state index is 9.29. The van der Waals surface area contributed by atoms with Crippen LogP contribution in [-0.2, 0) is 9.57 Å². The summed E-state index contributed by atoms with van der Waals surface area (Å²) in [5, 5.41) is 15.5. The molecule has 4 saturated heterocycles. The van der Waals surface area contributed by atoms with Crippen molar-refractivity contribution in [2.75, 3.05) is 40.3 Å². The summed E-state index contributed by atoms with van der Waals surface area (Å²) in [6, 6.07) is 0.404. The fourth-order valence-electron chi connectivity index (χ4n) is 5.27. The van der Waals surface area contributed by atoms with E-state index in [0.717, 1.165) is 32.5 Å². The van der Waals surface area contributed by atoms with Gasteiger partial charge in [0, 0.05) is 18.9 Å². The number of likely N-dealkylation sites (tertiary alicyclic amines) is 1. The molecule has 27 heavy (non-hydrogen) atoms. The molecule has 4 aliphatic rings. The van der Waals surface area contributed by atoms with Gasteiger partial charge in [-0.25, -0.2) is 0 Å². The van der Waals surface area contributed by atoms with Gasteiger partial charge in [-0.15, -0.1) is 0 Å². The molecule has 0 bridgehead atoms. The number of nitrogens with one attached hydrogen (secondary N) is 2. The van der Waals surface area contributed by atoms with Crippen LogP contribution >= 0.6 is 0 Å². The van der Waals surface area contributed by atoms with Crippen molar-refractivity contribution in [2.24, 2.45) is 5.92 Å². The molecular formula is C19H38N5O3+. The van der Waals surface area contributed by atoms with Crippen LogP contribution in [-0.4, -0.2) is 92.1 Å². The number of rotatable bonds is 6. The maximum absolute atomic E-state index is 9.29. The second-order valence-corrected chi connectivity index (χ2v) is 8.98. The zero-order valence-corrected chi connectivity index (χ0v) is 16.8. The lowest BCUT2D eigenvalue weighted by molar-refractivity contribution is -0.721. The smallest absolute Gasteiger partial charge is 0.146 e. The van der Waals surface area contributed by atoms with Gasteiger partial charge in [0.15, 0.2) is 0 Å². The summed E-state index contributed by atoms with van der Waals surface area (Å²) < 4.78 is 5.95. The summed E-state index contributed by atoms with van der Waals surface area (Å²) in [6.07, 6.45) is 8.08. The van der Waals surface area contributed by atoms with Crippen LogP contribution in [0.2, 0.25) is 0 Å². The summed E-state index contributed by atoms with van der Waals surface area (Å²) in [5.41, 5.74) is 3.29. The van der Waals surface area contributed by atoms with E-state index in [1.165, 1.54) is 25.7 Å². The second kappa shape index (κ2) is 9.00. The van der Waals surface area contributed by atoms with Crippen molar-refractivity contribution in [1.82, 2.24) is 20.6 Å². The van der Waals surface area contributed by atoms with Crippen molar-refractivity contribution < 1.29 is 20.0 Å². The molecule has 8 heteroatoms. The molecule has 5 N–H and O–H groups in total. The molecule has 0 aliphatic carbocycles. The van der Waals surface area contributed by atoms with Crippen LogP contribution in [0.4, 0.5) is 0 Å². The van der Waals surface area contributed by atoms with Gasteiger partial charge in [0.1, 0.15) is 12.4 Å². The van der Waals surface area contributed by atoms with Gasteiger partial charge >= 0.3 is 0 Å². The van der Waals surface area contributed by atoms with Gasteiger partial charge in [-0.1, -0.05) is 0 Å². The Hall–Kier alpha value is -0.320. The van der Waals surface area contributed by atoms with Crippen molar-refractivity contribution >= 4 is 0 Å². The molecule has 4 aliphatic heterocycles. The molecule has 7 unspecified atom stereocenters. The average molecular weight is 385 g/mol. The van der Waals surface area contributed by atoms with Crippen LogP contribution in [0.3, 0.4) is 0 Å². The number of ether oxygens (including phenoxy) is 1. The van der Waals surface area contributed by atoms with E-state index >= 15 is 0 Å². The Morgan fingerprint density at radius 2 is 2.00 bits per heavy atom. The van der Waals surface area contributed by atoms with Crippen molar-refractivity contribution in [3.63, 3.8) is 0 Å². The van der Waals surface area contributed by atoms with Crippen LogP contribution in [0, 0.1) is 5.92 Å². The van der Waals surface area contributed by atoms with E-state index in [-0.39, 0.29) is 31.2 Å². The zero-order chi connectivity index (χ0) is 18.8. The van der Waals surface area contributed by atoms with Crippen molar-refractivity contribution in [3.05, 3.63) is 0 Å². The summed E-state index contributed by atoms with van der Waals surface area (Å²) >= 11 is 0. The molecule has 4 heterocycles.